The topological polar surface area (TPSA) is 36.3 Å². The number of likely N-dealkylation sites (tertiary alicyclic amines) is 1. The molecule has 1 aliphatic heterocycles. The third-order valence-corrected chi connectivity index (χ3v) is 3.76. The highest BCUT2D eigenvalue weighted by Crippen LogP contribution is 2.21. The van der Waals surface area contributed by atoms with Gasteiger partial charge >= 0.3 is 0 Å². The molecule has 1 heterocycles. The second-order valence-corrected chi connectivity index (χ2v) is 5.34. The third-order valence-electron chi connectivity index (χ3n) is 3.76. The number of aryl methyl sites for hydroxylation is 2. The highest BCUT2D eigenvalue weighted by atomic mass is 16.5. The molecule has 2 rings (SSSR count). The molecule has 1 fully saturated rings. The molecule has 0 saturated carbocycles. The van der Waals surface area contributed by atoms with Gasteiger partial charge in [0.2, 0.25) is 0 Å². The summed E-state index contributed by atoms with van der Waals surface area (Å²) in [5.41, 5.74) is 2.36. The van der Waals surface area contributed by atoms with Gasteiger partial charge in [-0.2, -0.15) is 5.26 Å². The normalized spacial score (nSPS) is 17.1. The number of rotatable bonds is 5. The van der Waals surface area contributed by atoms with Crippen LogP contribution in [-0.4, -0.2) is 30.6 Å². The number of benzene rings is 1. The van der Waals surface area contributed by atoms with E-state index in [-0.39, 0.29) is 6.04 Å². The van der Waals surface area contributed by atoms with Crippen LogP contribution >= 0.6 is 0 Å². The van der Waals surface area contributed by atoms with Crippen LogP contribution in [0.3, 0.4) is 0 Å². The molecule has 1 atom stereocenters. The van der Waals surface area contributed by atoms with Gasteiger partial charge in [-0.25, -0.2) is 0 Å². The Morgan fingerprint density at radius 2 is 2.05 bits per heavy atom. The van der Waals surface area contributed by atoms with Crippen LogP contribution in [-0.2, 0) is 0 Å². The Labute approximate surface area is 115 Å². The van der Waals surface area contributed by atoms with Gasteiger partial charge in [-0.1, -0.05) is 12.1 Å². The van der Waals surface area contributed by atoms with Crippen molar-refractivity contribution < 1.29 is 4.74 Å². The predicted octanol–water partition coefficient (Wildman–Crippen LogP) is 3.06. The molecule has 0 spiro atoms. The SMILES string of the molecule is Cc1ccc(C)c(OCC(CC#N)N2CCCC2)c1. The molecule has 1 aliphatic rings. The van der Waals surface area contributed by atoms with Crippen molar-refractivity contribution in [3.63, 3.8) is 0 Å². The summed E-state index contributed by atoms with van der Waals surface area (Å²) in [6.45, 7) is 6.94. The van der Waals surface area contributed by atoms with E-state index in [9.17, 15) is 0 Å². The van der Waals surface area contributed by atoms with E-state index in [1.165, 1.54) is 18.4 Å². The lowest BCUT2D eigenvalue weighted by atomic mass is 10.1. The molecular formula is C16H22N2O. The van der Waals surface area contributed by atoms with Crippen molar-refractivity contribution in [2.75, 3.05) is 19.7 Å². The van der Waals surface area contributed by atoms with Crippen molar-refractivity contribution >= 4 is 0 Å². The highest BCUT2D eigenvalue weighted by Gasteiger charge is 2.22. The van der Waals surface area contributed by atoms with Gasteiger partial charge in [-0.3, -0.25) is 4.90 Å². The van der Waals surface area contributed by atoms with Crippen LogP contribution in [0.5, 0.6) is 5.75 Å². The zero-order chi connectivity index (χ0) is 13.7. The first-order chi connectivity index (χ1) is 9.20. The van der Waals surface area contributed by atoms with Crippen molar-refractivity contribution in [1.82, 2.24) is 4.90 Å². The third kappa shape index (κ3) is 3.71. The Morgan fingerprint density at radius 1 is 1.32 bits per heavy atom. The Hall–Kier alpha value is -1.53. The Balaban J connectivity index is 1.98. The molecule has 1 unspecified atom stereocenters. The van der Waals surface area contributed by atoms with Crippen molar-refractivity contribution in [3.8, 4) is 11.8 Å². The quantitative estimate of drug-likeness (QED) is 0.814. The molecule has 0 aliphatic carbocycles. The molecule has 0 amide bonds. The minimum Gasteiger partial charge on any atom is -0.492 e. The van der Waals surface area contributed by atoms with Crippen molar-refractivity contribution in [2.45, 2.75) is 39.2 Å². The van der Waals surface area contributed by atoms with E-state index in [0.717, 1.165) is 24.4 Å². The van der Waals surface area contributed by atoms with Gasteiger partial charge in [0.1, 0.15) is 12.4 Å². The smallest absolute Gasteiger partial charge is 0.122 e. The minimum atomic E-state index is 0.229. The first-order valence-electron chi connectivity index (χ1n) is 7.02. The van der Waals surface area contributed by atoms with E-state index >= 15 is 0 Å². The highest BCUT2D eigenvalue weighted by molar-refractivity contribution is 5.36. The molecule has 102 valence electrons. The summed E-state index contributed by atoms with van der Waals surface area (Å²) in [4.78, 5) is 2.38. The van der Waals surface area contributed by atoms with Gasteiger partial charge in [0.25, 0.3) is 0 Å². The molecular weight excluding hydrogens is 236 g/mol. The summed E-state index contributed by atoms with van der Waals surface area (Å²) in [5, 5.41) is 8.96. The molecule has 0 N–H and O–H groups in total. The fraction of sp³-hybridized carbons (Fsp3) is 0.562. The second-order valence-electron chi connectivity index (χ2n) is 5.34. The van der Waals surface area contributed by atoms with E-state index in [0.29, 0.717) is 13.0 Å². The van der Waals surface area contributed by atoms with Gasteiger partial charge in [-0.05, 0) is 57.0 Å². The van der Waals surface area contributed by atoms with Crippen LogP contribution in [0.1, 0.15) is 30.4 Å². The van der Waals surface area contributed by atoms with Gasteiger partial charge in [-0.15, -0.1) is 0 Å². The molecule has 3 nitrogen and oxygen atoms in total. The van der Waals surface area contributed by atoms with Crippen LogP contribution in [0.15, 0.2) is 18.2 Å². The zero-order valence-electron chi connectivity index (χ0n) is 11.9. The van der Waals surface area contributed by atoms with Crippen molar-refractivity contribution in [3.05, 3.63) is 29.3 Å². The maximum Gasteiger partial charge on any atom is 0.122 e. The minimum absolute atomic E-state index is 0.229. The molecule has 0 aromatic heterocycles. The summed E-state index contributed by atoms with van der Waals surface area (Å²) in [5.74, 6) is 0.946. The fourth-order valence-electron chi connectivity index (χ4n) is 2.55. The van der Waals surface area contributed by atoms with E-state index in [4.69, 9.17) is 10.00 Å². The first-order valence-corrected chi connectivity index (χ1v) is 7.02. The second kappa shape index (κ2) is 6.58. The number of nitriles is 1. The largest absolute Gasteiger partial charge is 0.492 e. The summed E-state index contributed by atoms with van der Waals surface area (Å²) in [6.07, 6.45) is 3.03. The molecule has 3 heteroatoms. The Kier molecular flexibility index (Phi) is 4.81. The summed E-state index contributed by atoms with van der Waals surface area (Å²) < 4.78 is 5.95. The summed E-state index contributed by atoms with van der Waals surface area (Å²) in [7, 11) is 0. The average Bonchev–Trinajstić information content (AvgIpc) is 2.92. The molecule has 19 heavy (non-hydrogen) atoms. The van der Waals surface area contributed by atoms with Gasteiger partial charge in [0.05, 0.1) is 18.5 Å². The van der Waals surface area contributed by atoms with Gasteiger partial charge in [0, 0.05) is 0 Å². The van der Waals surface area contributed by atoms with E-state index < -0.39 is 0 Å². The lowest BCUT2D eigenvalue weighted by Crippen LogP contribution is -2.37. The zero-order valence-corrected chi connectivity index (χ0v) is 11.9. The standard InChI is InChI=1S/C16H22N2O/c1-13-5-6-14(2)16(11-13)19-12-15(7-8-17)18-9-3-4-10-18/h5-6,11,15H,3-4,7,9-10,12H2,1-2H3. The van der Waals surface area contributed by atoms with Crippen LogP contribution < -0.4 is 4.74 Å². The maximum absolute atomic E-state index is 8.96. The molecule has 1 saturated heterocycles. The van der Waals surface area contributed by atoms with Crippen molar-refractivity contribution in [1.29, 1.82) is 5.26 Å². The number of ether oxygens (including phenoxy) is 1. The number of hydrogen-bond acceptors (Lipinski definition) is 3. The maximum atomic E-state index is 8.96. The number of nitrogens with zero attached hydrogens (tertiary/aromatic N) is 2. The van der Waals surface area contributed by atoms with E-state index in [1.807, 2.05) is 0 Å². The van der Waals surface area contributed by atoms with Crippen LogP contribution in [0.2, 0.25) is 0 Å². The molecule has 1 aromatic rings. The summed E-state index contributed by atoms with van der Waals surface area (Å²) in [6, 6.07) is 8.76. The van der Waals surface area contributed by atoms with Crippen LogP contribution in [0.4, 0.5) is 0 Å². The lowest BCUT2D eigenvalue weighted by Gasteiger charge is -2.25. The lowest BCUT2D eigenvalue weighted by molar-refractivity contribution is 0.162. The molecule has 0 bridgehead atoms. The van der Waals surface area contributed by atoms with Crippen molar-refractivity contribution in [2.24, 2.45) is 0 Å². The predicted molar refractivity (Wildman–Crippen MR) is 76.2 cm³/mol. The first kappa shape index (κ1) is 13.9. The molecule has 0 radical (unpaired) electrons. The van der Waals surface area contributed by atoms with E-state index in [1.54, 1.807) is 0 Å². The fourth-order valence-corrected chi connectivity index (χ4v) is 2.55. The van der Waals surface area contributed by atoms with E-state index in [2.05, 4.69) is 43.0 Å². The van der Waals surface area contributed by atoms with Crippen LogP contribution in [0.25, 0.3) is 0 Å². The summed E-state index contributed by atoms with van der Waals surface area (Å²) >= 11 is 0. The number of hydrogen-bond donors (Lipinski definition) is 0. The molecule has 1 aromatic carbocycles. The van der Waals surface area contributed by atoms with Crippen LogP contribution in [0, 0.1) is 25.2 Å². The monoisotopic (exact) mass is 258 g/mol. The average molecular weight is 258 g/mol. The van der Waals surface area contributed by atoms with Gasteiger partial charge < -0.3 is 4.74 Å². The Bertz CT molecular complexity index is 458. The van der Waals surface area contributed by atoms with Gasteiger partial charge in [0.15, 0.2) is 0 Å². The Morgan fingerprint density at radius 3 is 2.74 bits per heavy atom.